The molecule has 0 aliphatic carbocycles. The van der Waals surface area contributed by atoms with Gasteiger partial charge in [-0.2, -0.15) is 8.42 Å². The highest BCUT2D eigenvalue weighted by molar-refractivity contribution is 7.86. The standard InChI is InChI=1S/C15H13ClN2O5S/c16-11-3-1-2-9(6-11)10-4-5-12-13(7-10)18(15(19)20)8-14(17-12)24(21,22)23/h1-7,14,17H,8H2,(H,19,20)(H,21,22,23). The first-order valence-corrected chi connectivity index (χ1v) is 8.77. The van der Waals surface area contributed by atoms with Crippen molar-refractivity contribution in [2.24, 2.45) is 0 Å². The first kappa shape index (κ1) is 16.6. The van der Waals surface area contributed by atoms with Crippen LogP contribution in [0.1, 0.15) is 0 Å². The van der Waals surface area contributed by atoms with Gasteiger partial charge in [-0.05, 0) is 35.4 Å². The van der Waals surface area contributed by atoms with Crippen molar-refractivity contribution in [1.29, 1.82) is 0 Å². The molecule has 9 heteroatoms. The molecule has 0 bridgehead atoms. The third-order valence-corrected chi connectivity index (χ3v) is 4.92. The number of nitrogens with zero attached hydrogens (tertiary/aromatic N) is 1. The van der Waals surface area contributed by atoms with E-state index < -0.39 is 28.1 Å². The number of amides is 1. The van der Waals surface area contributed by atoms with E-state index in [0.29, 0.717) is 16.4 Å². The molecule has 24 heavy (non-hydrogen) atoms. The quantitative estimate of drug-likeness (QED) is 0.703. The highest BCUT2D eigenvalue weighted by Crippen LogP contribution is 2.36. The Bertz CT molecular complexity index is 916. The van der Waals surface area contributed by atoms with Crippen LogP contribution in [-0.2, 0) is 10.1 Å². The second-order valence-corrected chi connectivity index (χ2v) is 7.32. The number of nitrogens with one attached hydrogen (secondary N) is 1. The lowest BCUT2D eigenvalue weighted by molar-refractivity contribution is 0.201. The van der Waals surface area contributed by atoms with Gasteiger partial charge < -0.3 is 10.4 Å². The minimum atomic E-state index is -4.44. The van der Waals surface area contributed by atoms with Gasteiger partial charge in [-0.15, -0.1) is 0 Å². The Morgan fingerprint density at radius 2 is 1.92 bits per heavy atom. The largest absolute Gasteiger partial charge is 0.465 e. The monoisotopic (exact) mass is 368 g/mol. The van der Waals surface area contributed by atoms with Crippen molar-refractivity contribution >= 4 is 39.2 Å². The molecular formula is C15H13ClN2O5S. The highest BCUT2D eigenvalue weighted by Gasteiger charge is 2.34. The fourth-order valence-electron chi connectivity index (χ4n) is 2.56. The predicted octanol–water partition coefficient (Wildman–Crippen LogP) is 3.13. The zero-order valence-corrected chi connectivity index (χ0v) is 13.8. The van der Waals surface area contributed by atoms with Crippen LogP contribution in [0.15, 0.2) is 42.5 Å². The van der Waals surface area contributed by atoms with Crippen molar-refractivity contribution in [2.45, 2.75) is 5.37 Å². The number of carboxylic acid groups (broad SMARTS) is 1. The number of halogens is 1. The fourth-order valence-corrected chi connectivity index (χ4v) is 3.36. The van der Waals surface area contributed by atoms with Crippen molar-refractivity contribution < 1.29 is 22.9 Å². The van der Waals surface area contributed by atoms with Gasteiger partial charge in [-0.25, -0.2) is 4.79 Å². The van der Waals surface area contributed by atoms with Crippen LogP contribution < -0.4 is 10.2 Å². The van der Waals surface area contributed by atoms with Gasteiger partial charge in [0, 0.05) is 5.02 Å². The van der Waals surface area contributed by atoms with Crippen LogP contribution in [0.2, 0.25) is 5.02 Å². The van der Waals surface area contributed by atoms with Gasteiger partial charge in [-0.3, -0.25) is 9.45 Å². The van der Waals surface area contributed by atoms with Crippen LogP contribution in [0.4, 0.5) is 16.2 Å². The van der Waals surface area contributed by atoms with E-state index in [1.165, 1.54) is 0 Å². The molecule has 2 aromatic carbocycles. The van der Waals surface area contributed by atoms with E-state index >= 15 is 0 Å². The number of carbonyl (C=O) groups is 1. The van der Waals surface area contributed by atoms with Gasteiger partial charge in [-0.1, -0.05) is 29.8 Å². The summed E-state index contributed by atoms with van der Waals surface area (Å²) in [5.74, 6) is 0. The molecule has 1 unspecified atom stereocenters. The van der Waals surface area contributed by atoms with E-state index in [1.54, 1.807) is 36.4 Å². The molecule has 1 amide bonds. The molecule has 0 saturated heterocycles. The molecule has 0 fully saturated rings. The smallest absolute Gasteiger partial charge is 0.411 e. The molecule has 0 saturated carbocycles. The molecule has 1 atom stereocenters. The van der Waals surface area contributed by atoms with Crippen LogP contribution in [0.5, 0.6) is 0 Å². The summed E-state index contributed by atoms with van der Waals surface area (Å²) in [7, 11) is -4.44. The van der Waals surface area contributed by atoms with Crippen LogP contribution in [0.25, 0.3) is 11.1 Å². The van der Waals surface area contributed by atoms with Crippen molar-refractivity contribution in [2.75, 3.05) is 16.8 Å². The van der Waals surface area contributed by atoms with E-state index in [0.717, 1.165) is 16.0 Å². The van der Waals surface area contributed by atoms with Gasteiger partial charge in [0.05, 0.1) is 17.9 Å². The van der Waals surface area contributed by atoms with Crippen molar-refractivity contribution in [3.63, 3.8) is 0 Å². The number of rotatable bonds is 2. The molecule has 3 N–H and O–H groups in total. The summed E-state index contributed by atoms with van der Waals surface area (Å²) < 4.78 is 31.9. The number of fused-ring (bicyclic) bond motifs is 1. The lowest BCUT2D eigenvalue weighted by Crippen LogP contribution is -2.47. The molecule has 0 aromatic heterocycles. The predicted molar refractivity (Wildman–Crippen MR) is 91.2 cm³/mol. The Labute approximate surface area is 143 Å². The normalized spacial score (nSPS) is 17.1. The number of benzene rings is 2. The van der Waals surface area contributed by atoms with Crippen molar-refractivity contribution in [3.8, 4) is 11.1 Å². The summed E-state index contributed by atoms with van der Waals surface area (Å²) in [6.45, 7) is -0.417. The Kier molecular flexibility index (Phi) is 4.12. The first-order valence-electron chi connectivity index (χ1n) is 6.89. The minimum Gasteiger partial charge on any atom is -0.465 e. The second kappa shape index (κ2) is 5.97. The zero-order chi connectivity index (χ0) is 17.5. The molecule has 0 radical (unpaired) electrons. The highest BCUT2D eigenvalue weighted by atomic mass is 35.5. The van der Waals surface area contributed by atoms with Crippen molar-refractivity contribution in [3.05, 3.63) is 47.5 Å². The van der Waals surface area contributed by atoms with Crippen molar-refractivity contribution in [1.82, 2.24) is 0 Å². The average molecular weight is 369 g/mol. The molecule has 2 aromatic rings. The van der Waals surface area contributed by atoms with Crippen LogP contribution in [-0.4, -0.2) is 36.1 Å². The van der Waals surface area contributed by atoms with Gasteiger partial charge in [0.25, 0.3) is 10.1 Å². The summed E-state index contributed by atoms with van der Waals surface area (Å²) >= 11 is 5.98. The Hall–Kier alpha value is -2.29. The van der Waals surface area contributed by atoms with Gasteiger partial charge in [0.2, 0.25) is 0 Å². The number of anilines is 2. The number of hydrogen-bond donors (Lipinski definition) is 3. The van der Waals surface area contributed by atoms with Crippen LogP contribution in [0.3, 0.4) is 0 Å². The second-order valence-electron chi connectivity index (χ2n) is 5.28. The third-order valence-electron chi connectivity index (χ3n) is 3.70. The van der Waals surface area contributed by atoms with Gasteiger partial charge in [0.1, 0.15) is 0 Å². The molecule has 126 valence electrons. The molecular weight excluding hydrogens is 356 g/mol. The summed E-state index contributed by atoms with van der Waals surface area (Å²) in [5.41, 5.74) is 2.14. The maximum atomic E-state index is 11.5. The van der Waals surface area contributed by atoms with E-state index in [2.05, 4.69) is 5.32 Å². The Morgan fingerprint density at radius 3 is 2.54 bits per heavy atom. The molecule has 1 heterocycles. The number of hydrogen-bond acceptors (Lipinski definition) is 4. The first-order chi connectivity index (χ1) is 11.3. The van der Waals surface area contributed by atoms with Crippen LogP contribution >= 0.6 is 11.6 Å². The van der Waals surface area contributed by atoms with Gasteiger partial charge in [0.15, 0.2) is 5.37 Å². The Balaban J connectivity index is 2.08. The molecule has 1 aliphatic heterocycles. The SMILES string of the molecule is O=C(O)N1CC(S(=O)(=O)O)Nc2ccc(-c3cccc(Cl)c3)cc21. The van der Waals surface area contributed by atoms with E-state index in [4.69, 9.17) is 11.6 Å². The Morgan fingerprint density at radius 1 is 1.21 bits per heavy atom. The lowest BCUT2D eigenvalue weighted by Gasteiger charge is -2.32. The van der Waals surface area contributed by atoms with E-state index in [1.807, 2.05) is 6.07 Å². The molecule has 0 spiro atoms. The minimum absolute atomic E-state index is 0.303. The summed E-state index contributed by atoms with van der Waals surface area (Å²) in [5, 5.41) is 11.1. The summed E-state index contributed by atoms with van der Waals surface area (Å²) in [6, 6.07) is 12.0. The molecule has 3 rings (SSSR count). The molecule has 1 aliphatic rings. The molecule has 7 nitrogen and oxygen atoms in total. The maximum absolute atomic E-state index is 11.5. The maximum Gasteiger partial charge on any atom is 0.411 e. The zero-order valence-electron chi connectivity index (χ0n) is 12.2. The van der Waals surface area contributed by atoms with E-state index in [9.17, 15) is 22.9 Å². The van der Waals surface area contributed by atoms with E-state index in [-0.39, 0.29) is 0 Å². The summed E-state index contributed by atoms with van der Waals surface area (Å²) in [4.78, 5) is 12.4. The average Bonchev–Trinajstić information content (AvgIpc) is 2.52. The van der Waals surface area contributed by atoms with Crippen LogP contribution in [0, 0.1) is 0 Å². The lowest BCUT2D eigenvalue weighted by atomic mass is 10.0. The topological polar surface area (TPSA) is 107 Å². The van der Waals surface area contributed by atoms with Gasteiger partial charge >= 0.3 is 6.09 Å². The summed E-state index contributed by atoms with van der Waals surface area (Å²) in [6.07, 6.45) is -1.31. The fraction of sp³-hybridized carbons (Fsp3) is 0.133. The third kappa shape index (κ3) is 3.16.